The first-order valence-electron chi connectivity index (χ1n) is 4.19. The van der Waals surface area contributed by atoms with Crippen LogP contribution in [0.25, 0.3) is 0 Å². The van der Waals surface area contributed by atoms with Gasteiger partial charge in [-0.25, -0.2) is 0 Å². The summed E-state index contributed by atoms with van der Waals surface area (Å²) in [6.07, 6.45) is 3.06. The van der Waals surface area contributed by atoms with Gasteiger partial charge in [-0.2, -0.15) is 0 Å². The highest BCUT2D eigenvalue weighted by atomic mass is 15.4. The molecular formula is C8H17N3. The van der Waals surface area contributed by atoms with Crippen LogP contribution >= 0.6 is 0 Å². The van der Waals surface area contributed by atoms with Gasteiger partial charge in [0.25, 0.3) is 0 Å². The summed E-state index contributed by atoms with van der Waals surface area (Å²) in [5.74, 6) is 0. The summed E-state index contributed by atoms with van der Waals surface area (Å²) < 4.78 is 1.86. The zero-order chi connectivity index (χ0) is 8.69. The summed E-state index contributed by atoms with van der Waals surface area (Å²) >= 11 is 0. The average Bonchev–Trinajstić information content (AvgIpc) is 2.41. The molecule has 0 aliphatic rings. The summed E-state index contributed by atoms with van der Waals surface area (Å²) in [7, 11) is 0. The molecule has 1 aromatic rings. The molecule has 0 amide bonds. The fraction of sp³-hybridized carbons (Fsp3) is 0.750. The minimum absolute atomic E-state index is 0.973. The minimum Gasteiger partial charge on any atom is -0.252 e. The number of rotatable bonds is 2. The molecule has 1 rings (SSSR count). The maximum Gasteiger partial charge on any atom is 0.0796 e. The zero-order valence-corrected chi connectivity index (χ0v) is 7.83. The van der Waals surface area contributed by atoms with Gasteiger partial charge < -0.3 is 0 Å². The lowest BCUT2D eigenvalue weighted by Crippen LogP contribution is -1.96. The van der Waals surface area contributed by atoms with Gasteiger partial charge in [0.15, 0.2) is 0 Å². The van der Waals surface area contributed by atoms with Crippen molar-refractivity contribution in [2.75, 3.05) is 0 Å². The van der Waals surface area contributed by atoms with E-state index in [0.717, 1.165) is 18.7 Å². The molecule has 1 heterocycles. The molecular weight excluding hydrogens is 138 g/mol. The van der Waals surface area contributed by atoms with Crippen molar-refractivity contribution in [2.45, 2.75) is 40.7 Å². The van der Waals surface area contributed by atoms with Crippen LogP contribution < -0.4 is 0 Å². The molecule has 0 saturated carbocycles. The predicted octanol–water partition coefficient (Wildman–Crippen LogP) is 2.02. The average molecular weight is 155 g/mol. The van der Waals surface area contributed by atoms with E-state index in [0.29, 0.717) is 0 Å². The monoisotopic (exact) mass is 155 g/mol. The summed E-state index contributed by atoms with van der Waals surface area (Å²) in [6.45, 7) is 9.04. The quantitative estimate of drug-likeness (QED) is 0.654. The predicted molar refractivity (Wildman–Crippen MR) is 46.4 cm³/mol. The van der Waals surface area contributed by atoms with Crippen LogP contribution in [0.5, 0.6) is 0 Å². The van der Waals surface area contributed by atoms with Gasteiger partial charge in [-0.3, -0.25) is 4.68 Å². The standard InChI is InChI=1S/C6H11N3.C2H6/c1-3-4-9-5-6(2)7-8-9;1-2/h5H,3-4H2,1-2H3;1-2H3. The molecule has 3 heteroatoms. The summed E-state index contributed by atoms with van der Waals surface area (Å²) in [6, 6.07) is 0. The van der Waals surface area contributed by atoms with Crippen LogP contribution in [-0.4, -0.2) is 15.0 Å². The lowest BCUT2D eigenvalue weighted by atomic mass is 10.5. The number of nitrogens with zero attached hydrogens (tertiary/aromatic N) is 3. The van der Waals surface area contributed by atoms with E-state index < -0.39 is 0 Å². The summed E-state index contributed by atoms with van der Waals surface area (Å²) in [5.41, 5.74) is 0.989. The van der Waals surface area contributed by atoms with E-state index in [2.05, 4.69) is 17.2 Å². The number of hydrogen-bond donors (Lipinski definition) is 0. The molecule has 0 bridgehead atoms. The first-order valence-corrected chi connectivity index (χ1v) is 4.19. The van der Waals surface area contributed by atoms with Gasteiger partial charge in [-0.1, -0.05) is 26.0 Å². The summed E-state index contributed by atoms with van der Waals surface area (Å²) in [5, 5.41) is 7.72. The Kier molecular flexibility index (Phi) is 5.43. The van der Waals surface area contributed by atoms with Crippen molar-refractivity contribution in [3.63, 3.8) is 0 Å². The smallest absolute Gasteiger partial charge is 0.0796 e. The van der Waals surface area contributed by atoms with Crippen molar-refractivity contribution in [3.8, 4) is 0 Å². The molecule has 64 valence electrons. The van der Waals surface area contributed by atoms with Gasteiger partial charge in [0, 0.05) is 12.7 Å². The van der Waals surface area contributed by atoms with Gasteiger partial charge >= 0.3 is 0 Å². The summed E-state index contributed by atoms with van der Waals surface area (Å²) in [4.78, 5) is 0. The van der Waals surface area contributed by atoms with Crippen LogP contribution in [0.2, 0.25) is 0 Å². The van der Waals surface area contributed by atoms with Crippen LogP contribution in [0, 0.1) is 6.92 Å². The molecule has 0 radical (unpaired) electrons. The van der Waals surface area contributed by atoms with E-state index in [1.807, 2.05) is 31.6 Å². The molecule has 0 aromatic carbocycles. The lowest BCUT2D eigenvalue weighted by Gasteiger charge is -1.91. The number of aryl methyl sites for hydroxylation is 2. The van der Waals surface area contributed by atoms with Gasteiger partial charge in [-0.05, 0) is 13.3 Å². The highest BCUT2D eigenvalue weighted by Crippen LogP contribution is 1.90. The SMILES string of the molecule is CC.CCCn1cc(C)nn1. The van der Waals surface area contributed by atoms with Crippen molar-refractivity contribution in [1.82, 2.24) is 15.0 Å². The Balaban J connectivity index is 0.000000461. The Labute approximate surface area is 68.4 Å². The second kappa shape index (κ2) is 5.89. The fourth-order valence-corrected chi connectivity index (χ4v) is 0.734. The molecule has 0 atom stereocenters. The molecule has 0 unspecified atom stereocenters. The van der Waals surface area contributed by atoms with Crippen LogP contribution in [0.15, 0.2) is 6.20 Å². The van der Waals surface area contributed by atoms with Gasteiger partial charge in [0.1, 0.15) is 0 Å². The first kappa shape index (κ1) is 10.1. The zero-order valence-electron chi connectivity index (χ0n) is 7.83. The van der Waals surface area contributed by atoms with Crippen molar-refractivity contribution < 1.29 is 0 Å². The third-order valence-electron chi connectivity index (χ3n) is 1.11. The van der Waals surface area contributed by atoms with Gasteiger partial charge in [0.2, 0.25) is 0 Å². The van der Waals surface area contributed by atoms with Crippen LogP contribution in [0.3, 0.4) is 0 Å². The van der Waals surface area contributed by atoms with E-state index in [1.165, 1.54) is 0 Å². The van der Waals surface area contributed by atoms with E-state index in [1.54, 1.807) is 0 Å². The molecule has 0 saturated heterocycles. The van der Waals surface area contributed by atoms with Gasteiger partial charge in [0.05, 0.1) is 5.69 Å². The molecule has 0 spiro atoms. The van der Waals surface area contributed by atoms with Crippen molar-refractivity contribution in [3.05, 3.63) is 11.9 Å². The number of hydrogen-bond acceptors (Lipinski definition) is 2. The molecule has 0 fully saturated rings. The third kappa shape index (κ3) is 3.75. The second-order valence-corrected chi connectivity index (χ2v) is 2.12. The molecule has 0 aliphatic carbocycles. The van der Waals surface area contributed by atoms with E-state index in [9.17, 15) is 0 Å². The Morgan fingerprint density at radius 3 is 2.45 bits per heavy atom. The molecule has 1 aromatic heterocycles. The maximum absolute atomic E-state index is 3.87. The Hall–Kier alpha value is -0.860. The van der Waals surface area contributed by atoms with E-state index in [-0.39, 0.29) is 0 Å². The maximum atomic E-state index is 3.87. The van der Waals surface area contributed by atoms with Gasteiger partial charge in [-0.15, -0.1) is 5.10 Å². The molecule has 0 N–H and O–H groups in total. The lowest BCUT2D eigenvalue weighted by molar-refractivity contribution is 0.579. The van der Waals surface area contributed by atoms with E-state index >= 15 is 0 Å². The fourth-order valence-electron chi connectivity index (χ4n) is 0.734. The molecule has 11 heavy (non-hydrogen) atoms. The highest BCUT2D eigenvalue weighted by molar-refractivity contribution is 4.85. The van der Waals surface area contributed by atoms with Crippen LogP contribution in [0.1, 0.15) is 32.9 Å². The Morgan fingerprint density at radius 2 is 2.09 bits per heavy atom. The normalized spacial score (nSPS) is 8.73. The Morgan fingerprint density at radius 1 is 1.45 bits per heavy atom. The minimum atomic E-state index is 0.973. The van der Waals surface area contributed by atoms with Crippen molar-refractivity contribution in [2.24, 2.45) is 0 Å². The molecule has 0 aliphatic heterocycles. The second-order valence-electron chi connectivity index (χ2n) is 2.12. The first-order chi connectivity index (χ1) is 5.33. The highest BCUT2D eigenvalue weighted by Gasteiger charge is 1.90. The third-order valence-corrected chi connectivity index (χ3v) is 1.11. The largest absolute Gasteiger partial charge is 0.252 e. The van der Waals surface area contributed by atoms with Crippen LogP contribution in [-0.2, 0) is 6.54 Å². The Bertz CT molecular complexity index is 181. The van der Waals surface area contributed by atoms with Crippen molar-refractivity contribution in [1.29, 1.82) is 0 Å². The topological polar surface area (TPSA) is 30.7 Å². The molecule has 3 nitrogen and oxygen atoms in total. The van der Waals surface area contributed by atoms with Crippen molar-refractivity contribution >= 4 is 0 Å². The van der Waals surface area contributed by atoms with Crippen LogP contribution in [0.4, 0.5) is 0 Å². The van der Waals surface area contributed by atoms with E-state index in [4.69, 9.17) is 0 Å². The number of aromatic nitrogens is 3.